The number of fused-ring (bicyclic) bond motifs is 2. The van der Waals surface area contributed by atoms with Crippen molar-refractivity contribution in [3.63, 3.8) is 0 Å². The molecule has 5 rings (SSSR count). The van der Waals surface area contributed by atoms with Crippen molar-refractivity contribution in [2.24, 2.45) is 0 Å². The first-order valence-corrected chi connectivity index (χ1v) is 10.1. The van der Waals surface area contributed by atoms with Gasteiger partial charge in [-0.1, -0.05) is 11.6 Å². The van der Waals surface area contributed by atoms with Crippen molar-refractivity contribution in [1.29, 1.82) is 0 Å². The molecule has 4 heterocycles. The summed E-state index contributed by atoms with van der Waals surface area (Å²) >= 11 is 7.61. The molecule has 4 aromatic heterocycles. The number of aromatic nitrogens is 4. The van der Waals surface area contributed by atoms with Crippen LogP contribution >= 0.6 is 22.9 Å². The molecule has 0 radical (unpaired) electrons. The summed E-state index contributed by atoms with van der Waals surface area (Å²) in [6, 6.07) is 15.4. The SMILES string of the molecule is COc1ccc2c(OCc3nnc4ccc(-c5ccc(Cl)s5)cn34)ccnc2c1. The number of hydrogen-bond donors (Lipinski definition) is 0. The minimum atomic E-state index is 0.279. The van der Waals surface area contributed by atoms with Crippen LogP contribution in [-0.2, 0) is 6.61 Å². The fourth-order valence-corrected chi connectivity index (χ4v) is 4.18. The zero-order chi connectivity index (χ0) is 19.8. The number of benzene rings is 1. The number of pyridine rings is 2. The van der Waals surface area contributed by atoms with E-state index in [9.17, 15) is 0 Å². The maximum atomic E-state index is 6.08. The topological polar surface area (TPSA) is 61.5 Å². The van der Waals surface area contributed by atoms with E-state index >= 15 is 0 Å². The van der Waals surface area contributed by atoms with Gasteiger partial charge in [-0.15, -0.1) is 21.5 Å². The van der Waals surface area contributed by atoms with Crippen LogP contribution in [0.15, 0.2) is 60.9 Å². The monoisotopic (exact) mass is 422 g/mol. The van der Waals surface area contributed by atoms with Gasteiger partial charge in [-0.3, -0.25) is 9.38 Å². The molecule has 144 valence electrons. The molecule has 5 aromatic rings. The summed E-state index contributed by atoms with van der Waals surface area (Å²) in [6.07, 6.45) is 3.73. The molecule has 0 aliphatic rings. The Morgan fingerprint density at radius 2 is 2.00 bits per heavy atom. The van der Waals surface area contributed by atoms with Crippen molar-refractivity contribution in [1.82, 2.24) is 19.6 Å². The summed E-state index contributed by atoms with van der Waals surface area (Å²) in [5.41, 5.74) is 2.63. The van der Waals surface area contributed by atoms with Gasteiger partial charge in [0.25, 0.3) is 0 Å². The van der Waals surface area contributed by atoms with E-state index in [0.717, 1.165) is 42.8 Å². The van der Waals surface area contributed by atoms with Gasteiger partial charge in [0.15, 0.2) is 11.5 Å². The van der Waals surface area contributed by atoms with Gasteiger partial charge in [0.05, 0.1) is 17.0 Å². The smallest absolute Gasteiger partial charge is 0.175 e. The van der Waals surface area contributed by atoms with Crippen LogP contribution < -0.4 is 9.47 Å². The Morgan fingerprint density at radius 1 is 1.07 bits per heavy atom. The molecule has 0 saturated heterocycles. The molecule has 0 spiro atoms. The van der Waals surface area contributed by atoms with Gasteiger partial charge in [-0.05, 0) is 42.5 Å². The predicted octanol–water partition coefficient (Wildman–Crippen LogP) is 5.25. The maximum Gasteiger partial charge on any atom is 0.175 e. The second-order valence-corrected chi connectivity index (χ2v) is 8.06. The number of ether oxygens (including phenoxy) is 2. The third kappa shape index (κ3) is 3.39. The fourth-order valence-electron chi connectivity index (χ4n) is 3.15. The molecule has 0 N–H and O–H groups in total. The molecule has 0 fully saturated rings. The molecule has 0 aliphatic heterocycles. The predicted molar refractivity (Wildman–Crippen MR) is 114 cm³/mol. The Kier molecular flexibility index (Phi) is 4.54. The van der Waals surface area contributed by atoms with Crippen LogP contribution in [0.3, 0.4) is 0 Å². The highest BCUT2D eigenvalue weighted by atomic mass is 35.5. The standard InChI is InChI=1S/C21H15ClN4O2S/c1-27-14-3-4-15-16(10-14)23-9-8-17(15)28-12-21-25-24-20-7-2-13(11-26(20)21)18-5-6-19(22)29-18/h2-11H,12H2,1H3. The molecular formula is C21H15ClN4O2S. The number of methoxy groups -OCH3 is 1. The van der Waals surface area contributed by atoms with E-state index in [2.05, 4.69) is 15.2 Å². The first-order valence-electron chi connectivity index (χ1n) is 8.86. The Hall–Kier alpha value is -3.16. The number of nitrogens with zero attached hydrogens (tertiary/aromatic N) is 4. The van der Waals surface area contributed by atoms with E-state index in [0.29, 0.717) is 5.82 Å². The fraction of sp³-hybridized carbons (Fsp3) is 0.0952. The van der Waals surface area contributed by atoms with E-state index < -0.39 is 0 Å². The van der Waals surface area contributed by atoms with Crippen molar-refractivity contribution in [2.45, 2.75) is 6.61 Å². The molecular weight excluding hydrogens is 408 g/mol. The largest absolute Gasteiger partial charge is 0.497 e. The van der Waals surface area contributed by atoms with Gasteiger partial charge in [0.2, 0.25) is 0 Å². The van der Waals surface area contributed by atoms with Crippen LogP contribution in [0.25, 0.3) is 27.0 Å². The second kappa shape index (κ2) is 7.35. The summed E-state index contributed by atoms with van der Waals surface area (Å²) in [6.45, 7) is 0.279. The summed E-state index contributed by atoms with van der Waals surface area (Å²) in [5, 5.41) is 9.44. The van der Waals surface area contributed by atoms with Gasteiger partial charge in [-0.2, -0.15) is 0 Å². The lowest BCUT2D eigenvalue weighted by atomic mass is 10.2. The van der Waals surface area contributed by atoms with Crippen molar-refractivity contribution in [3.05, 3.63) is 71.1 Å². The minimum absolute atomic E-state index is 0.279. The summed E-state index contributed by atoms with van der Waals surface area (Å²) in [7, 11) is 1.64. The third-order valence-corrected chi connectivity index (χ3v) is 5.88. The lowest BCUT2D eigenvalue weighted by Gasteiger charge is -2.09. The highest BCUT2D eigenvalue weighted by Gasteiger charge is 2.11. The summed E-state index contributed by atoms with van der Waals surface area (Å²) in [4.78, 5) is 5.48. The molecule has 0 amide bonds. The van der Waals surface area contributed by atoms with E-state index in [1.807, 2.05) is 59.1 Å². The molecule has 0 atom stereocenters. The Bertz CT molecular complexity index is 1330. The van der Waals surface area contributed by atoms with Crippen molar-refractivity contribution >= 4 is 39.5 Å². The molecule has 0 aliphatic carbocycles. The number of halogens is 1. The molecule has 0 bridgehead atoms. The van der Waals surface area contributed by atoms with Gasteiger partial charge >= 0.3 is 0 Å². The van der Waals surface area contributed by atoms with Crippen LogP contribution in [-0.4, -0.2) is 26.7 Å². The van der Waals surface area contributed by atoms with Crippen LogP contribution in [0, 0.1) is 0 Å². The minimum Gasteiger partial charge on any atom is -0.497 e. The van der Waals surface area contributed by atoms with Crippen LogP contribution in [0.4, 0.5) is 0 Å². The lowest BCUT2D eigenvalue weighted by Crippen LogP contribution is -2.02. The lowest BCUT2D eigenvalue weighted by molar-refractivity contribution is 0.298. The Labute approximate surface area is 175 Å². The first kappa shape index (κ1) is 17.9. The van der Waals surface area contributed by atoms with Gasteiger partial charge in [-0.25, -0.2) is 0 Å². The highest BCUT2D eigenvalue weighted by Crippen LogP contribution is 2.31. The number of hydrogen-bond acceptors (Lipinski definition) is 6. The van der Waals surface area contributed by atoms with E-state index in [4.69, 9.17) is 21.1 Å². The molecule has 0 unspecified atom stereocenters. The van der Waals surface area contributed by atoms with Gasteiger partial charge in [0, 0.05) is 34.3 Å². The maximum absolute atomic E-state index is 6.08. The first-order chi connectivity index (χ1) is 14.2. The summed E-state index contributed by atoms with van der Waals surface area (Å²) < 4.78 is 14.0. The van der Waals surface area contributed by atoms with Gasteiger partial charge in [0.1, 0.15) is 18.1 Å². The number of thiophene rings is 1. The second-order valence-electron chi connectivity index (χ2n) is 6.35. The molecule has 0 saturated carbocycles. The molecule has 6 nitrogen and oxygen atoms in total. The van der Waals surface area contributed by atoms with E-state index in [-0.39, 0.29) is 6.61 Å². The third-order valence-electron chi connectivity index (χ3n) is 4.60. The van der Waals surface area contributed by atoms with Crippen molar-refractivity contribution < 1.29 is 9.47 Å². The Morgan fingerprint density at radius 3 is 2.83 bits per heavy atom. The zero-order valence-corrected chi connectivity index (χ0v) is 16.9. The van der Waals surface area contributed by atoms with Crippen molar-refractivity contribution in [2.75, 3.05) is 7.11 Å². The molecule has 29 heavy (non-hydrogen) atoms. The quantitative estimate of drug-likeness (QED) is 0.387. The van der Waals surface area contributed by atoms with Crippen molar-refractivity contribution in [3.8, 4) is 21.9 Å². The molecule has 1 aromatic carbocycles. The average molecular weight is 423 g/mol. The van der Waals surface area contributed by atoms with E-state index in [1.165, 1.54) is 11.3 Å². The molecule has 8 heteroatoms. The highest BCUT2D eigenvalue weighted by molar-refractivity contribution is 7.19. The summed E-state index contributed by atoms with van der Waals surface area (Å²) in [5.74, 6) is 2.20. The van der Waals surface area contributed by atoms with Crippen LogP contribution in [0.5, 0.6) is 11.5 Å². The number of rotatable bonds is 5. The van der Waals surface area contributed by atoms with E-state index in [1.54, 1.807) is 13.3 Å². The van der Waals surface area contributed by atoms with Gasteiger partial charge < -0.3 is 9.47 Å². The Balaban J connectivity index is 1.46. The van der Waals surface area contributed by atoms with Crippen LogP contribution in [0.1, 0.15) is 5.82 Å². The normalized spacial score (nSPS) is 11.2. The average Bonchev–Trinajstić information content (AvgIpc) is 3.37. The zero-order valence-electron chi connectivity index (χ0n) is 15.4. The van der Waals surface area contributed by atoms with Crippen LogP contribution in [0.2, 0.25) is 4.34 Å².